The number of piperidine rings is 1. The third kappa shape index (κ3) is 4.17. The molecular formula is C28H34N4O3. The molecule has 3 heterocycles. The summed E-state index contributed by atoms with van der Waals surface area (Å²) in [6, 6.07) is 15.6. The Morgan fingerprint density at radius 3 is 2.43 bits per heavy atom. The second kappa shape index (κ2) is 9.36. The maximum atomic E-state index is 13.4. The zero-order valence-electron chi connectivity index (χ0n) is 20.7. The van der Waals surface area contributed by atoms with Gasteiger partial charge in [0, 0.05) is 51.8 Å². The second-order valence-electron chi connectivity index (χ2n) is 10.1. The molecule has 0 saturated carbocycles. The normalized spacial score (nSPS) is 21.7. The molecule has 5 rings (SSSR count). The summed E-state index contributed by atoms with van der Waals surface area (Å²) in [6.45, 7) is 4.87. The predicted octanol–water partition coefficient (Wildman–Crippen LogP) is 4.02. The molecule has 7 heteroatoms. The van der Waals surface area contributed by atoms with Crippen molar-refractivity contribution in [2.75, 3.05) is 36.5 Å². The zero-order valence-corrected chi connectivity index (χ0v) is 20.7. The molecule has 2 fully saturated rings. The van der Waals surface area contributed by atoms with E-state index in [-0.39, 0.29) is 30.7 Å². The van der Waals surface area contributed by atoms with Crippen LogP contribution < -0.4 is 9.80 Å². The third-order valence-corrected chi connectivity index (χ3v) is 7.82. The van der Waals surface area contributed by atoms with Gasteiger partial charge in [-0.1, -0.05) is 30.3 Å². The van der Waals surface area contributed by atoms with Crippen LogP contribution in [-0.4, -0.2) is 59.9 Å². The quantitative estimate of drug-likeness (QED) is 0.634. The van der Waals surface area contributed by atoms with Gasteiger partial charge in [0.1, 0.15) is 5.66 Å². The van der Waals surface area contributed by atoms with E-state index in [4.69, 9.17) is 0 Å². The SMILES string of the molecule is CN(Cc1ccccc1N1CCCCC1)C(=O)CCN1C(=O)c2ccccc2N2C(=O)CCC12C. The molecule has 3 amide bonds. The van der Waals surface area contributed by atoms with Crippen molar-refractivity contribution in [1.29, 1.82) is 0 Å². The van der Waals surface area contributed by atoms with Crippen LogP contribution in [0.4, 0.5) is 11.4 Å². The van der Waals surface area contributed by atoms with E-state index in [2.05, 4.69) is 23.1 Å². The van der Waals surface area contributed by atoms with Crippen molar-refractivity contribution >= 4 is 29.1 Å². The van der Waals surface area contributed by atoms with E-state index in [1.807, 2.05) is 38.2 Å². The number of amides is 3. The molecule has 1 atom stereocenters. The molecule has 3 aliphatic rings. The molecule has 184 valence electrons. The predicted molar refractivity (Wildman–Crippen MR) is 136 cm³/mol. The number of carbonyl (C=O) groups is 3. The smallest absolute Gasteiger partial charge is 0.257 e. The van der Waals surface area contributed by atoms with Gasteiger partial charge in [-0.15, -0.1) is 0 Å². The highest BCUT2D eigenvalue weighted by Gasteiger charge is 2.52. The van der Waals surface area contributed by atoms with Crippen LogP contribution in [0.1, 0.15) is 61.4 Å². The monoisotopic (exact) mass is 474 g/mol. The lowest BCUT2D eigenvalue weighted by molar-refractivity contribution is -0.130. The molecule has 0 bridgehead atoms. The van der Waals surface area contributed by atoms with Crippen molar-refractivity contribution in [3.8, 4) is 0 Å². The van der Waals surface area contributed by atoms with Crippen molar-refractivity contribution in [2.45, 2.75) is 57.7 Å². The van der Waals surface area contributed by atoms with Gasteiger partial charge >= 0.3 is 0 Å². The standard InChI is InChI=1S/C28H34N4O3/c1-28-16-14-26(34)32(28)24-13-7-5-11-22(24)27(35)31(28)19-15-25(33)29(2)20-21-10-4-6-12-23(21)30-17-8-3-9-18-30/h4-7,10-13H,3,8-9,14-20H2,1-2H3. The highest BCUT2D eigenvalue weighted by molar-refractivity contribution is 6.10. The van der Waals surface area contributed by atoms with Gasteiger partial charge in [0.15, 0.2) is 0 Å². The summed E-state index contributed by atoms with van der Waals surface area (Å²) < 4.78 is 0. The lowest BCUT2D eigenvalue weighted by atomic mass is 9.98. The summed E-state index contributed by atoms with van der Waals surface area (Å²) in [5.41, 5.74) is 2.82. The largest absolute Gasteiger partial charge is 0.371 e. The minimum Gasteiger partial charge on any atom is -0.371 e. The van der Waals surface area contributed by atoms with Crippen molar-refractivity contribution in [3.63, 3.8) is 0 Å². The summed E-state index contributed by atoms with van der Waals surface area (Å²) in [4.78, 5) is 47.0. The van der Waals surface area contributed by atoms with Gasteiger partial charge in [0.05, 0.1) is 11.3 Å². The Kier molecular flexibility index (Phi) is 6.26. The number of para-hydroxylation sites is 2. The average Bonchev–Trinajstić information content (AvgIpc) is 3.19. The van der Waals surface area contributed by atoms with E-state index in [0.29, 0.717) is 30.6 Å². The molecule has 7 nitrogen and oxygen atoms in total. The summed E-state index contributed by atoms with van der Waals surface area (Å²) in [6.07, 6.45) is 4.87. The lowest BCUT2D eigenvalue weighted by Crippen LogP contribution is -2.62. The first-order chi connectivity index (χ1) is 16.9. The molecule has 0 radical (unpaired) electrons. The average molecular weight is 475 g/mol. The maximum absolute atomic E-state index is 13.4. The summed E-state index contributed by atoms with van der Waals surface area (Å²) in [7, 11) is 1.83. The van der Waals surface area contributed by atoms with Crippen LogP contribution >= 0.6 is 0 Å². The van der Waals surface area contributed by atoms with E-state index >= 15 is 0 Å². The number of hydrogen-bond donors (Lipinski definition) is 0. The Labute approximate surface area is 207 Å². The molecule has 2 aromatic rings. The zero-order chi connectivity index (χ0) is 24.6. The maximum Gasteiger partial charge on any atom is 0.257 e. The Morgan fingerprint density at radius 2 is 1.66 bits per heavy atom. The first-order valence-electron chi connectivity index (χ1n) is 12.7. The van der Waals surface area contributed by atoms with Gasteiger partial charge in [-0.05, 0) is 56.4 Å². The molecular weight excluding hydrogens is 440 g/mol. The number of carbonyl (C=O) groups excluding carboxylic acids is 3. The van der Waals surface area contributed by atoms with Crippen molar-refractivity contribution in [1.82, 2.24) is 9.80 Å². The Balaban J connectivity index is 1.29. The fourth-order valence-electron chi connectivity index (χ4n) is 5.87. The van der Waals surface area contributed by atoms with Gasteiger partial charge in [-0.2, -0.15) is 0 Å². The van der Waals surface area contributed by atoms with Crippen molar-refractivity contribution in [2.24, 2.45) is 0 Å². The number of nitrogens with zero attached hydrogens (tertiary/aromatic N) is 4. The van der Waals surface area contributed by atoms with E-state index in [0.717, 1.165) is 18.7 Å². The third-order valence-electron chi connectivity index (χ3n) is 7.82. The number of benzene rings is 2. The van der Waals surface area contributed by atoms with Crippen molar-refractivity contribution < 1.29 is 14.4 Å². The van der Waals surface area contributed by atoms with Crippen LogP contribution in [0.5, 0.6) is 0 Å². The molecule has 0 aromatic heterocycles. The molecule has 0 aliphatic carbocycles. The molecule has 3 aliphatic heterocycles. The van der Waals surface area contributed by atoms with Crippen LogP contribution in [0.2, 0.25) is 0 Å². The first-order valence-corrected chi connectivity index (χ1v) is 12.7. The van der Waals surface area contributed by atoms with Gasteiger partial charge in [0.25, 0.3) is 5.91 Å². The van der Waals surface area contributed by atoms with Crippen LogP contribution in [0, 0.1) is 0 Å². The molecule has 2 saturated heterocycles. The van der Waals surface area contributed by atoms with Gasteiger partial charge in [0.2, 0.25) is 11.8 Å². The van der Waals surface area contributed by atoms with Crippen LogP contribution in [0.3, 0.4) is 0 Å². The van der Waals surface area contributed by atoms with E-state index in [1.165, 1.54) is 24.9 Å². The van der Waals surface area contributed by atoms with Crippen molar-refractivity contribution in [3.05, 3.63) is 59.7 Å². The Bertz CT molecular complexity index is 1140. The second-order valence-corrected chi connectivity index (χ2v) is 10.1. The molecule has 0 N–H and O–H groups in total. The Morgan fingerprint density at radius 1 is 0.971 bits per heavy atom. The molecule has 1 unspecified atom stereocenters. The molecule has 0 spiro atoms. The number of anilines is 2. The van der Waals surface area contributed by atoms with Gasteiger partial charge in [-0.25, -0.2) is 0 Å². The van der Waals surface area contributed by atoms with Crippen LogP contribution in [0.25, 0.3) is 0 Å². The highest BCUT2D eigenvalue weighted by Crippen LogP contribution is 2.44. The van der Waals surface area contributed by atoms with Crippen LogP contribution in [0.15, 0.2) is 48.5 Å². The Hall–Kier alpha value is -3.35. The topological polar surface area (TPSA) is 64.2 Å². The van der Waals surface area contributed by atoms with Gasteiger partial charge < -0.3 is 14.7 Å². The summed E-state index contributed by atoms with van der Waals surface area (Å²) >= 11 is 0. The fraction of sp³-hybridized carbons (Fsp3) is 0.464. The highest BCUT2D eigenvalue weighted by atomic mass is 16.2. The number of rotatable bonds is 6. The molecule has 2 aromatic carbocycles. The van der Waals surface area contributed by atoms with E-state index in [1.54, 1.807) is 20.8 Å². The van der Waals surface area contributed by atoms with E-state index < -0.39 is 5.66 Å². The van der Waals surface area contributed by atoms with Crippen LogP contribution in [-0.2, 0) is 16.1 Å². The summed E-state index contributed by atoms with van der Waals surface area (Å²) in [5.74, 6) is -0.0975. The minimum absolute atomic E-state index is 0.00965. The molecule has 35 heavy (non-hydrogen) atoms. The summed E-state index contributed by atoms with van der Waals surface area (Å²) in [5, 5.41) is 0. The van der Waals surface area contributed by atoms with E-state index in [9.17, 15) is 14.4 Å². The fourth-order valence-corrected chi connectivity index (χ4v) is 5.87. The lowest BCUT2D eigenvalue weighted by Gasteiger charge is -2.48. The number of hydrogen-bond acceptors (Lipinski definition) is 4. The number of fused-ring (bicyclic) bond motifs is 3. The first kappa shape index (κ1) is 23.4. The minimum atomic E-state index is -0.734. The van der Waals surface area contributed by atoms with Gasteiger partial charge in [-0.3, -0.25) is 19.3 Å².